The SMILES string of the molecule is N#Cc1cc2c(-c3ccccc3)ccnc2[nH]1. The lowest BCUT2D eigenvalue weighted by Crippen LogP contribution is -1.81. The molecule has 3 heteroatoms. The number of aromatic amines is 1. The van der Waals surface area contributed by atoms with Crippen molar-refractivity contribution >= 4 is 11.0 Å². The van der Waals surface area contributed by atoms with Gasteiger partial charge in [-0.05, 0) is 23.3 Å². The maximum atomic E-state index is 8.89. The van der Waals surface area contributed by atoms with Crippen LogP contribution in [0.1, 0.15) is 5.69 Å². The van der Waals surface area contributed by atoms with Crippen LogP contribution in [0.15, 0.2) is 48.7 Å². The highest BCUT2D eigenvalue weighted by molar-refractivity contribution is 5.93. The van der Waals surface area contributed by atoms with E-state index in [1.54, 1.807) is 6.20 Å². The Morgan fingerprint density at radius 1 is 1.12 bits per heavy atom. The average molecular weight is 219 g/mol. The molecule has 3 aromatic rings. The van der Waals surface area contributed by atoms with E-state index >= 15 is 0 Å². The minimum absolute atomic E-state index is 0.538. The van der Waals surface area contributed by atoms with E-state index in [2.05, 4.69) is 16.0 Å². The Hall–Kier alpha value is -2.60. The van der Waals surface area contributed by atoms with Crippen LogP contribution in [0.5, 0.6) is 0 Å². The van der Waals surface area contributed by atoms with Gasteiger partial charge in [0, 0.05) is 11.6 Å². The zero-order valence-corrected chi connectivity index (χ0v) is 9.01. The number of fused-ring (bicyclic) bond motifs is 1. The molecule has 0 aliphatic rings. The van der Waals surface area contributed by atoms with Gasteiger partial charge in [0.1, 0.15) is 17.4 Å². The molecule has 1 N–H and O–H groups in total. The molecule has 0 amide bonds. The van der Waals surface area contributed by atoms with Gasteiger partial charge in [0.25, 0.3) is 0 Å². The van der Waals surface area contributed by atoms with E-state index in [0.29, 0.717) is 5.69 Å². The molecule has 0 fully saturated rings. The van der Waals surface area contributed by atoms with Crippen LogP contribution in [0, 0.1) is 11.3 Å². The number of H-pyrrole nitrogens is 1. The van der Waals surface area contributed by atoms with E-state index in [0.717, 1.165) is 22.2 Å². The lowest BCUT2D eigenvalue weighted by Gasteiger charge is -2.01. The molecule has 3 rings (SSSR count). The Kier molecular flexibility index (Phi) is 2.13. The molecule has 2 heterocycles. The van der Waals surface area contributed by atoms with E-state index in [4.69, 9.17) is 5.26 Å². The fourth-order valence-corrected chi connectivity index (χ4v) is 1.96. The van der Waals surface area contributed by atoms with Crippen molar-refractivity contribution in [2.24, 2.45) is 0 Å². The quantitative estimate of drug-likeness (QED) is 0.683. The second kappa shape index (κ2) is 3.76. The topological polar surface area (TPSA) is 52.5 Å². The predicted molar refractivity (Wildman–Crippen MR) is 66.2 cm³/mol. The number of rotatable bonds is 1. The molecule has 0 aliphatic heterocycles. The number of hydrogen-bond donors (Lipinski definition) is 1. The fourth-order valence-electron chi connectivity index (χ4n) is 1.96. The standard InChI is InChI=1S/C14H9N3/c15-9-11-8-13-12(6-7-16-14(13)17-11)10-4-2-1-3-5-10/h1-8H,(H,16,17). The van der Waals surface area contributed by atoms with Gasteiger partial charge in [-0.3, -0.25) is 0 Å². The minimum atomic E-state index is 0.538. The summed E-state index contributed by atoms with van der Waals surface area (Å²) in [6.07, 6.45) is 1.75. The molecule has 3 nitrogen and oxygen atoms in total. The third-order valence-corrected chi connectivity index (χ3v) is 2.74. The highest BCUT2D eigenvalue weighted by Gasteiger charge is 2.07. The predicted octanol–water partition coefficient (Wildman–Crippen LogP) is 3.10. The van der Waals surface area contributed by atoms with Crippen molar-refractivity contribution in [3.8, 4) is 17.2 Å². The highest BCUT2D eigenvalue weighted by Crippen LogP contribution is 2.27. The molecule has 0 saturated heterocycles. The van der Waals surface area contributed by atoms with E-state index in [1.165, 1.54) is 0 Å². The summed E-state index contributed by atoms with van der Waals surface area (Å²) in [7, 11) is 0. The molecule has 80 valence electrons. The van der Waals surface area contributed by atoms with Gasteiger partial charge in [0.05, 0.1) is 0 Å². The van der Waals surface area contributed by atoms with Gasteiger partial charge in [-0.25, -0.2) is 4.98 Å². The molecule has 0 aliphatic carbocycles. The van der Waals surface area contributed by atoms with Crippen LogP contribution in [-0.2, 0) is 0 Å². The Labute approximate surface area is 98.4 Å². The number of benzene rings is 1. The summed E-state index contributed by atoms with van der Waals surface area (Å²) in [6.45, 7) is 0. The summed E-state index contributed by atoms with van der Waals surface area (Å²) < 4.78 is 0. The summed E-state index contributed by atoms with van der Waals surface area (Å²) >= 11 is 0. The van der Waals surface area contributed by atoms with Crippen molar-refractivity contribution in [1.82, 2.24) is 9.97 Å². The lowest BCUT2D eigenvalue weighted by molar-refractivity contribution is 1.29. The van der Waals surface area contributed by atoms with Crippen LogP contribution in [-0.4, -0.2) is 9.97 Å². The number of nitrogens with zero attached hydrogens (tertiary/aromatic N) is 2. The number of hydrogen-bond acceptors (Lipinski definition) is 2. The van der Waals surface area contributed by atoms with E-state index in [-0.39, 0.29) is 0 Å². The number of nitriles is 1. The van der Waals surface area contributed by atoms with Crippen LogP contribution in [0.4, 0.5) is 0 Å². The molecule has 0 saturated carbocycles. The van der Waals surface area contributed by atoms with Gasteiger partial charge in [-0.2, -0.15) is 5.26 Å². The smallest absolute Gasteiger partial charge is 0.138 e. The maximum absolute atomic E-state index is 8.89. The highest BCUT2D eigenvalue weighted by atomic mass is 14.9. The monoisotopic (exact) mass is 219 g/mol. The number of pyridine rings is 1. The zero-order chi connectivity index (χ0) is 11.7. The third-order valence-electron chi connectivity index (χ3n) is 2.74. The van der Waals surface area contributed by atoms with Crippen LogP contribution < -0.4 is 0 Å². The third kappa shape index (κ3) is 1.56. The molecule has 0 unspecified atom stereocenters. The average Bonchev–Trinajstić information content (AvgIpc) is 2.82. The zero-order valence-electron chi connectivity index (χ0n) is 9.01. The Morgan fingerprint density at radius 3 is 2.71 bits per heavy atom. The van der Waals surface area contributed by atoms with Gasteiger partial charge < -0.3 is 4.98 Å². The van der Waals surface area contributed by atoms with Gasteiger partial charge in [-0.15, -0.1) is 0 Å². The summed E-state index contributed by atoms with van der Waals surface area (Å²) in [5, 5.41) is 9.87. The van der Waals surface area contributed by atoms with Crippen molar-refractivity contribution in [2.75, 3.05) is 0 Å². The summed E-state index contributed by atoms with van der Waals surface area (Å²) in [5.41, 5.74) is 3.51. The largest absolute Gasteiger partial charge is 0.331 e. The minimum Gasteiger partial charge on any atom is -0.331 e. The Morgan fingerprint density at radius 2 is 1.94 bits per heavy atom. The summed E-state index contributed by atoms with van der Waals surface area (Å²) in [6, 6.07) is 16.0. The number of aromatic nitrogens is 2. The number of nitrogens with one attached hydrogen (secondary N) is 1. The molecule has 1 aromatic carbocycles. The van der Waals surface area contributed by atoms with E-state index in [1.807, 2.05) is 42.5 Å². The van der Waals surface area contributed by atoms with Gasteiger partial charge in [0.2, 0.25) is 0 Å². The molecule has 0 radical (unpaired) electrons. The van der Waals surface area contributed by atoms with Crippen molar-refractivity contribution in [3.05, 3.63) is 54.4 Å². The first-order valence-electron chi connectivity index (χ1n) is 5.32. The summed E-state index contributed by atoms with van der Waals surface area (Å²) in [4.78, 5) is 7.21. The second-order valence-electron chi connectivity index (χ2n) is 3.78. The molecular weight excluding hydrogens is 210 g/mol. The molecular formula is C14H9N3. The van der Waals surface area contributed by atoms with E-state index < -0.39 is 0 Å². The first-order valence-corrected chi connectivity index (χ1v) is 5.32. The van der Waals surface area contributed by atoms with Crippen molar-refractivity contribution in [3.63, 3.8) is 0 Å². The fraction of sp³-hybridized carbons (Fsp3) is 0. The van der Waals surface area contributed by atoms with Crippen LogP contribution in [0.25, 0.3) is 22.2 Å². The van der Waals surface area contributed by atoms with Crippen molar-refractivity contribution in [2.45, 2.75) is 0 Å². The maximum Gasteiger partial charge on any atom is 0.138 e. The van der Waals surface area contributed by atoms with Gasteiger partial charge in [0.15, 0.2) is 0 Å². The van der Waals surface area contributed by atoms with E-state index in [9.17, 15) is 0 Å². The molecule has 0 atom stereocenters. The molecule has 0 bridgehead atoms. The van der Waals surface area contributed by atoms with Crippen LogP contribution in [0.3, 0.4) is 0 Å². The molecule has 17 heavy (non-hydrogen) atoms. The second-order valence-corrected chi connectivity index (χ2v) is 3.78. The molecule has 0 spiro atoms. The van der Waals surface area contributed by atoms with Crippen molar-refractivity contribution in [1.29, 1.82) is 5.26 Å². The normalized spacial score (nSPS) is 10.3. The van der Waals surface area contributed by atoms with Crippen LogP contribution >= 0.6 is 0 Å². The van der Waals surface area contributed by atoms with Gasteiger partial charge >= 0.3 is 0 Å². The Bertz CT molecular complexity index is 705. The summed E-state index contributed by atoms with van der Waals surface area (Å²) in [5.74, 6) is 0. The first kappa shape index (κ1) is 9.61. The molecule has 2 aromatic heterocycles. The van der Waals surface area contributed by atoms with Crippen LogP contribution in [0.2, 0.25) is 0 Å². The van der Waals surface area contributed by atoms with Crippen molar-refractivity contribution < 1.29 is 0 Å². The lowest BCUT2D eigenvalue weighted by atomic mass is 10.0. The first-order chi connectivity index (χ1) is 8.38. The Balaban J connectivity index is 2.31. The van der Waals surface area contributed by atoms with Gasteiger partial charge in [-0.1, -0.05) is 30.3 Å².